The summed E-state index contributed by atoms with van der Waals surface area (Å²) < 4.78 is 33.5. The molecular weight excluding hydrogens is 357 g/mol. The molecule has 1 unspecified atom stereocenters. The van der Waals surface area contributed by atoms with Crippen molar-refractivity contribution in [3.05, 3.63) is 16.6 Å². The van der Waals surface area contributed by atoms with Crippen molar-refractivity contribution in [2.45, 2.75) is 24.9 Å². The first-order chi connectivity index (χ1) is 11.8. The van der Waals surface area contributed by atoms with E-state index in [4.69, 9.17) is 19.7 Å². The van der Waals surface area contributed by atoms with Gasteiger partial charge in [-0.05, 0) is 0 Å². The number of H-pyrrole nitrogens is 1. The lowest BCUT2D eigenvalue weighted by molar-refractivity contribution is -0.0554. The molecule has 1 saturated heterocycles. The highest BCUT2D eigenvalue weighted by molar-refractivity contribution is 7.47. The van der Waals surface area contributed by atoms with E-state index < -0.39 is 31.8 Å². The van der Waals surface area contributed by atoms with E-state index in [2.05, 4.69) is 19.6 Å². The zero-order valence-corrected chi connectivity index (χ0v) is 14.4. The van der Waals surface area contributed by atoms with Gasteiger partial charge in [0.25, 0.3) is 5.56 Å². The Hall–Kier alpha value is -1.82. The largest absolute Gasteiger partial charge is 0.472 e. The van der Waals surface area contributed by atoms with Gasteiger partial charge in [-0.3, -0.25) is 18.8 Å². The van der Waals surface area contributed by atoms with Gasteiger partial charge in [0.15, 0.2) is 11.9 Å². The van der Waals surface area contributed by atoms with Crippen molar-refractivity contribution in [2.75, 3.05) is 26.6 Å². The number of aromatic nitrogens is 4. The molecule has 0 aliphatic carbocycles. The van der Waals surface area contributed by atoms with Crippen LogP contribution in [0.25, 0.3) is 11.0 Å². The molecule has 13 heteroatoms. The van der Waals surface area contributed by atoms with Crippen LogP contribution in [0.3, 0.4) is 0 Å². The number of nitrogen functional groups attached to an aromatic ring is 1. The average molecular weight is 375 g/mol. The van der Waals surface area contributed by atoms with E-state index in [0.29, 0.717) is 0 Å². The summed E-state index contributed by atoms with van der Waals surface area (Å²) in [7, 11) is -1.67. The van der Waals surface area contributed by atoms with Crippen LogP contribution in [0.4, 0.5) is 5.95 Å². The summed E-state index contributed by atoms with van der Waals surface area (Å²) in [5.41, 5.74) is 5.39. The Morgan fingerprint density at radius 2 is 2.32 bits per heavy atom. The van der Waals surface area contributed by atoms with Crippen molar-refractivity contribution in [1.29, 1.82) is 0 Å². The van der Waals surface area contributed by atoms with Gasteiger partial charge in [-0.15, -0.1) is 0 Å². The number of nitrogens with two attached hydrogens (primary N) is 1. The molecule has 4 atom stereocenters. The maximum Gasteiger partial charge on any atom is 0.472 e. The van der Waals surface area contributed by atoms with E-state index in [1.807, 2.05) is 0 Å². The minimum atomic E-state index is -4.21. The summed E-state index contributed by atoms with van der Waals surface area (Å²) in [5, 5.41) is 4.36. The van der Waals surface area contributed by atoms with E-state index >= 15 is 0 Å². The van der Waals surface area contributed by atoms with Gasteiger partial charge in [0.1, 0.15) is 17.6 Å². The van der Waals surface area contributed by atoms with Crippen molar-refractivity contribution in [3.63, 3.8) is 0 Å². The molecule has 1 aliphatic heterocycles. The van der Waals surface area contributed by atoms with Gasteiger partial charge in [0.2, 0.25) is 5.95 Å². The van der Waals surface area contributed by atoms with Gasteiger partial charge in [-0.2, -0.15) is 10.1 Å². The lowest BCUT2D eigenvalue weighted by Crippen LogP contribution is -2.28. The lowest BCUT2D eigenvalue weighted by Gasteiger charge is -2.19. The zero-order chi connectivity index (χ0) is 18.2. The van der Waals surface area contributed by atoms with E-state index in [0.717, 1.165) is 7.11 Å². The van der Waals surface area contributed by atoms with Crippen LogP contribution in [-0.2, 0) is 23.1 Å². The van der Waals surface area contributed by atoms with Crippen LogP contribution in [0.15, 0.2) is 11.0 Å². The topological polar surface area (TPSA) is 164 Å². The summed E-state index contributed by atoms with van der Waals surface area (Å²) in [6.45, 7) is 0.125. The van der Waals surface area contributed by atoms with Gasteiger partial charge in [-0.1, -0.05) is 0 Å². The molecule has 138 valence electrons. The fourth-order valence-electron chi connectivity index (χ4n) is 2.65. The molecule has 0 radical (unpaired) electrons. The highest BCUT2D eigenvalue weighted by Crippen LogP contribution is 2.47. The summed E-state index contributed by atoms with van der Waals surface area (Å²) in [5.74, 6) is -0.0577. The van der Waals surface area contributed by atoms with Crippen molar-refractivity contribution in [3.8, 4) is 0 Å². The van der Waals surface area contributed by atoms with Gasteiger partial charge < -0.3 is 20.1 Å². The number of nitrogens with zero attached hydrogens (tertiary/aromatic N) is 3. The molecule has 2 aromatic heterocycles. The highest BCUT2D eigenvalue weighted by atomic mass is 31.2. The Bertz CT molecular complexity index is 867. The quantitative estimate of drug-likeness (QED) is 0.574. The molecule has 25 heavy (non-hydrogen) atoms. The van der Waals surface area contributed by atoms with Crippen molar-refractivity contribution < 1.29 is 28.0 Å². The van der Waals surface area contributed by atoms with E-state index in [1.54, 1.807) is 0 Å². The third-order valence-corrected chi connectivity index (χ3v) is 4.76. The number of aromatic amines is 1. The van der Waals surface area contributed by atoms with Crippen molar-refractivity contribution in [2.24, 2.45) is 0 Å². The second-order valence-electron chi connectivity index (χ2n) is 5.39. The van der Waals surface area contributed by atoms with Crippen molar-refractivity contribution >= 4 is 24.8 Å². The molecule has 0 bridgehead atoms. The summed E-state index contributed by atoms with van der Waals surface area (Å²) in [6, 6.07) is 0. The molecule has 0 aromatic carbocycles. The first-order valence-electron chi connectivity index (χ1n) is 7.29. The summed E-state index contributed by atoms with van der Waals surface area (Å²) in [6.07, 6.45) is -0.584. The number of methoxy groups -OCH3 is 1. The molecule has 1 aliphatic rings. The molecule has 1 fully saturated rings. The number of fused-ring (bicyclic) bond motifs is 1. The molecule has 3 rings (SSSR count). The van der Waals surface area contributed by atoms with Crippen LogP contribution in [0, 0.1) is 0 Å². The Labute approximate surface area is 141 Å². The minimum absolute atomic E-state index is 0.0577. The van der Waals surface area contributed by atoms with Crippen molar-refractivity contribution in [1.82, 2.24) is 19.7 Å². The fraction of sp³-hybridized carbons (Fsp3) is 0.583. The van der Waals surface area contributed by atoms with Crippen LogP contribution in [-0.4, -0.2) is 57.7 Å². The lowest BCUT2D eigenvalue weighted by atomic mass is 10.2. The standard InChI is InChI=1S/C12H18N5O7P/c1-21-5-8-7(24-25(19,20)22-2)3-9(23-8)17-10-6(4-14-17)11(18)16-12(13)15-10/h4,7-9H,3,5H2,1-2H3,(H,19,20)(H3,13,15,16,18)/t7-,8-,9-/m1/s1. The molecule has 2 aromatic rings. The number of rotatable bonds is 6. The Morgan fingerprint density at radius 3 is 3.00 bits per heavy atom. The Morgan fingerprint density at radius 1 is 1.56 bits per heavy atom. The summed E-state index contributed by atoms with van der Waals surface area (Å²) in [4.78, 5) is 27.9. The monoisotopic (exact) mass is 375 g/mol. The Balaban J connectivity index is 1.91. The number of ether oxygens (including phenoxy) is 2. The molecule has 4 N–H and O–H groups in total. The van der Waals surface area contributed by atoms with Gasteiger partial charge >= 0.3 is 7.82 Å². The maximum atomic E-state index is 11.9. The van der Waals surface area contributed by atoms with E-state index in [-0.39, 0.29) is 30.0 Å². The first kappa shape index (κ1) is 18.0. The van der Waals surface area contributed by atoms with E-state index in [9.17, 15) is 14.3 Å². The highest BCUT2D eigenvalue weighted by Gasteiger charge is 2.42. The third-order valence-electron chi connectivity index (χ3n) is 3.77. The van der Waals surface area contributed by atoms with Gasteiger partial charge in [0.05, 0.1) is 12.8 Å². The van der Waals surface area contributed by atoms with Gasteiger partial charge in [0, 0.05) is 20.6 Å². The zero-order valence-electron chi connectivity index (χ0n) is 13.5. The normalized spacial score (nSPS) is 26.1. The molecule has 0 amide bonds. The van der Waals surface area contributed by atoms with Crippen LogP contribution in [0.2, 0.25) is 0 Å². The summed E-state index contributed by atoms with van der Waals surface area (Å²) >= 11 is 0. The third kappa shape index (κ3) is 3.59. The average Bonchev–Trinajstić information content (AvgIpc) is 3.12. The van der Waals surface area contributed by atoms with Crippen LogP contribution in [0.1, 0.15) is 12.6 Å². The second-order valence-corrected chi connectivity index (χ2v) is 6.91. The van der Waals surface area contributed by atoms with Crippen LogP contribution in [0.5, 0.6) is 0 Å². The first-order valence-corrected chi connectivity index (χ1v) is 8.78. The fourth-order valence-corrected chi connectivity index (χ4v) is 3.30. The SMILES string of the molecule is COC[C@H]1O[C@@H](n2ncc3c(=O)[nH]c(N)nc32)C[C@H]1OP(=O)(O)OC. The number of phosphoric ester groups is 1. The van der Waals surface area contributed by atoms with Crippen LogP contribution >= 0.6 is 7.82 Å². The van der Waals surface area contributed by atoms with Gasteiger partial charge in [-0.25, -0.2) is 9.25 Å². The predicted molar refractivity (Wildman–Crippen MR) is 84.7 cm³/mol. The Kier molecular flexibility index (Phi) is 4.91. The number of anilines is 1. The number of nitrogens with one attached hydrogen (secondary N) is 1. The maximum absolute atomic E-state index is 11.9. The predicted octanol–water partition coefficient (Wildman–Crippen LogP) is -0.232. The molecular formula is C12H18N5O7P. The molecule has 0 spiro atoms. The molecule has 3 heterocycles. The smallest absolute Gasteiger partial charge is 0.382 e. The second kappa shape index (κ2) is 6.83. The minimum Gasteiger partial charge on any atom is -0.382 e. The molecule has 12 nitrogen and oxygen atoms in total. The van der Waals surface area contributed by atoms with Crippen LogP contribution < -0.4 is 11.3 Å². The molecule has 0 saturated carbocycles. The number of hydrogen-bond donors (Lipinski definition) is 3. The number of phosphoric acid groups is 1. The number of hydrogen-bond acceptors (Lipinski definition) is 9. The van der Waals surface area contributed by atoms with E-state index in [1.165, 1.54) is 18.0 Å².